The van der Waals surface area contributed by atoms with Crippen LogP contribution in [0.1, 0.15) is 0 Å². The molecule has 2 rings (SSSR count). The summed E-state index contributed by atoms with van der Waals surface area (Å²) in [5, 5.41) is 9.44. The average molecular weight is 207 g/mol. The molecule has 5 heteroatoms. The molecule has 0 spiro atoms. The number of nitrogen functional groups attached to an aromatic ring is 2. The van der Waals surface area contributed by atoms with Gasteiger partial charge in [0.1, 0.15) is 12.4 Å². The number of H-pyrrole nitrogens is 1. The van der Waals surface area contributed by atoms with Gasteiger partial charge < -0.3 is 26.3 Å². The maximum absolute atomic E-state index is 8.67. The van der Waals surface area contributed by atoms with Crippen molar-refractivity contribution in [3.8, 4) is 5.75 Å². The highest BCUT2D eigenvalue weighted by molar-refractivity contribution is 6.02. The van der Waals surface area contributed by atoms with Gasteiger partial charge in [0.2, 0.25) is 0 Å². The lowest BCUT2D eigenvalue weighted by molar-refractivity contribution is 0.203. The molecule has 2 aromatic rings. The van der Waals surface area contributed by atoms with E-state index in [9.17, 15) is 0 Å². The van der Waals surface area contributed by atoms with Crippen LogP contribution in [0.3, 0.4) is 0 Å². The molecular weight excluding hydrogens is 194 g/mol. The molecule has 15 heavy (non-hydrogen) atoms. The third kappa shape index (κ3) is 1.57. The van der Waals surface area contributed by atoms with E-state index in [2.05, 4.69) is 4.98 Å². The van der Waals surface area contributed by atoms with Gasteiger partial charge >= 0.3 is 0 Å². The third-order valence-electron chi connectivity index (χ3n) is 2.21. The van der Waals surface area contributed by atoms with Gasteiger partial charge in [-0.2, -0.15) is 0 Å². The Labute approximate surface area is 86.6 Å². The predicted octanol–water partition coefficient (Wildman–Crippen LogP) is 0.703. The number of hydrogen-bond donors (Lipinski definition) is 4. The molecule has 0 aliphatic carbocycles. The van der Waals surface area contributed by atoms with Crippen LogP contribution in [0.4, 0.5) is 11.4 Å². The molecule has 0 bridgehead atoms. The molecule has 0 fully saturated rings. The van der Waals surface area contributed by atoms with Crippen LogP contribution in [0.5, 0.6) is 5.75 Å². The van der Waals surface area contributed by atoms with Crippen molar-refractivity contribution in [2.45, 2.75) is 0 Å². The fourth-order valence-corrected chi connectivity index (χ4v) is 1.54. The van der Waals surface area contributed by atoms with Crippen molar-refractivity contribution >= 4 is 22.3 Å². The highest BCUT2D eigenvalue weighted by atomic mass is 16.5. The van der Waals surface area contributed by atoms with E-state index in [1.165, 1.54) is 0 Å². The highest BCUT2D eigenvalue weighted by Crippen LogP contribution is 2.33. The molecule has 1 heterocycles. The number of aromatic amines is 1. The average Bonchev–Trinajstić information content (AvgIpc) is 2.65. The topological polar surface area (TPSA) is 97.3 Å². The maximum atomic E-state index is 8.67. The van der Waals surface area contributed by atoms with Gasteiger partial charge in [0.25, 0.3) is 0 Å². The van der Waals surface area contributed by atoms with Crippen molar-refractivity contribution < 1.29 is 9.84 Å². The summed E-state index contributed by atoms with van der Waals surface area (Å²) >= 11 is 0. The van der Waals surface area contributed by atoms with E-state index in [1.807, 2.05) is 0 Å². The Bertz CT molecular complexity index is 479. The van der Waals surface area contributed by atoms with Crippen LogP contribution in [0, 0.1) is 0 Å². The van der Waals surface area contributed by atoms with Crippen LogP contribution in [-0.2, 0) is 0 Å². The summed E-state index contributed by atoms with van der Waals surface area (Å²) in [5.41, 5.74) is 13.6. The zero-order chi connectivity index (χ0) is 10.8. The Morgan fingerprint density at radius 1 is 1.27 bits per heavy atom. The van der Waals surface area contributed by atoms with Crippen molar-refractivity contribution in [1.29, 1.82) is 0 Å². The molecule has 80 valence electrons. The summed E-state index contributed by atoms with van der Waals surface area (Å²) in [5.74, 6) is 0.615. The van der Waals surface area contributed by atoms with Crippen molar-refractivity contribution in [2.24, 2.45) is 0 Å². The van der Waals surface area contributed by atoms with E-state index in [1.54, 1.807) is 18.3 Å². The Morgan fingerprint density at radius 3 is 2.73 bits per heavy atom. The van der Waals surface area contributed by atoms with Crippen molar-refractivity contribution in [1.82, 2.24) is 4.98 Å². The van der Waals surface area contributed by atoms with E-state index in [0.717, 1.165) is 10.9 Å². The largest absolute Gasteiger partial charge is 0.489 e. The first kappa shape index (κ1) is 9.67. The molecule has 0 unspecified atom stereocenters. The number of aliphatic hydroxyl groups is 1. The van der Waals surface area contributed by atoms with Gasteiger partial charge in [0, 0.05) is 11.9 Å². The highest BCUT2D eigenvalue weighted by Gasteiger charge is 2.10. The fourth-order valence-electron chi connectivity index (χ4n) is 1.54. The van der Waals surface area contributed by atoms with Crippen molar-refractivity contribution in [3.63, 3.8) is 0 Å². The minimum atomic E-state index is -0.0328. The second kappa shape index (κ2) is 3.70. The van der Waals surface area contributed by atoms with Gasteiger partial charge in [-0.25, -0.2) is 0 Å². The number of rotatable bonds is 3. The molecular formula is C10H13N3O2. The Balaban J connectivity index is 2.53. The number of nitrogens with one attached hydrogen (secondary N) is 1. The number of anilines is 2. The van der Waals surface area contributed by atoms with Crippen molar-refractivity contribution in [3.05, 3.63) is 18.3 Å². The molecule has 0 saturated carbocycles. The number of hydrogen-bond acceptors (Lipinski definition) is 4. The molecule has 1 aromatic heterocycles. The van der Waals surface area contributed by atoms with Crippen LogP contribution in [-0.4, -0.2) is 23.3 Å². The number of ether oxygens (including phenoxy) is 1. The van der Waals surface area contributed by atoms with E-state index >= 15 is 0 Å². The van der Waals surface area contributed by atoms with Crippen LogP contribution in [0.2, 0.25) is 0 Å². The van der Waals surface area contributed by atoms with Gasteiger partial charge in [-0.05, 0) is 12.1 Å². The van der Waals surface area contributed by atoms with E-state index in [0.29, 0.717) is 17.1 Å². The summed E-state index contributed by atoms with van der Waals surface area (Å²) < 4.78 is 5.33. The summed E-state index contributed by atoms with van der Waals surface area (Å²) in [6.07, 6.45) is 1.69. The number of aromatic nitrogens is 1. The van der Waals surface area contributed by atoms with Crippen LogP contribution < -0.4 is 16.2 Å². The SMILES string of the molecule is Nc1ccc(N)c2c(OCCO)c[nH]c12. The lowest BCUT2D eigenvalue weighted by atomic mass is 10.2. The van der Waals surface area contributed by atoms with Gasteiger partial charge in [-0.1, -0.05) is 0 Å². The Kier molecular flexibility index (Phi) is 2.39. The molecule has 0 atom stereocenters. The van der Waals surface area contributed by atoms with Crippen LogP contribution >= 0.6 is 0 Å². The molecule has 0 radical (unpaired) electrons. The van der Waals surface area contributed by atoms with E-state index in [-0.39, 0.29) is 13.2 Å². The quantitative estimate of drug-likeness (QED) is 0.557. The standard InChI is InChI=1S/C10H13N3O2/c11-6-1-2-7(12)10-9(6)8(5-13-10)15-4-3-14/h1-2,5,13-14H,3-4,11-12H2. The molecule has 0 amide bonds. The molecule has 0 saturated heterocycles. The van der Waals surface area contributed by atoms with E-state index in [4.69, 9.17) is 21.3 Å². The fraction of sp³-hybridized carbons (Fsp3) is 0.200. The number of nitrogens with two attached hydrogens (primary N) is 2. The zero-order valence-electron chi connectivity index (χ0n) is 8.16. The molecule has 1 aromatic carbocycles. The monoisotopic (exact) mass is 207 g/mol. The number of aliphatic hydroxyl groups excluding tert-OH is 1. The number of benzene rings is 1. The number of fused-ring (bicyclic) bond motifs is 1. The minimum Gasteiger partial charge on any atom is -0.489 e. The van der Waals surface area contributed by atoms with Crippen LogP contribution in [0.25, 0.3) is 10.9 Å². The smallest absolute Gasteiger partial charge is 0.146 e. The van der Waals surface area contributed by atoms with Crippen molar-refractivity contribution in [2.75, 3.05) is 24.7 Å². The first-order chi connectivity index (χ1) is 7.24. The Morgan fingerprint density at radius 2 is 2.00 bits per heavy atom. The lowest BCUT2D eigenvalue weighted by Crippen LogP contribution is -2.01. The lowest BCUT2D eigenvalue weighted by Gasteiger charge is -2.04. The van der Waals surface area contributed by atoms with Gasteiger partial charge in [-0.15, -0.1) is 0 Å². The normalized spacial score (nSPS) is 10.7. The van der Waals surface area contributed by atoms with Gasteiger partial charge in [0.05, 0.1) is 23.2 Å². The van der Waals surface area contributed by atoms with E-state index < -0.39 is 0 Å². The summed E-state index contributed by atoms with van der Waals surface area (Å²) in [7, 11) is 0. The predicted molar refractivity (Wildman–Crippen MR) is 59.7 cm³/mol. The minimum absolute atomic E-state index is 0.0328. The van der Waals surface area contributed by atoms with Crippen LogP contribution in [0.15, 0.2) is 18.3 Å². The third-order valence-corrected chi connectivity index (χ3v) is 2.21. The first-order valence-electron chi connectivity index (χ1n) is 4.62. The molecule has 0 aliphatic heterocycles. The summed E-state index contributed by atoms with van der Waals surface area (Å²) in [4.78, 5) is 2.99. The van der Waals surface area contributed by atoms with Gasteiger partial charge in [-0.3, -0.25) is 0 Å². The molecule has 5 nitrogen and oxygen atoms in total. The molecule has 6 N–H and O–H groups in total. The zero-order valence-corrected chi connectivity index (χ0v) is 8.16. The second-order valence-corrected chi connectivity index (χ2v) is 3.22. The summed E-state index contributed by atoms with van der Waals surface area (Å²) in [6, 6.07) is 3.47. The second-order valence-electron chi connectivity index (χ2n) is 3.22. The summed E-state index contributed by atoms with van der Waals surface area (Å²) in [6.45, 7) is 0.204. The van der Waals surface area contributed by atoms with Gasteiger partial charge in [0.15, 0.2) is 0 Å². The Hall–Kier alpha value is -1.88. The molecule has 0 aliphatic rings. The maximum Gasteiger partial charge on any atom is 0.146 e. The first-order valence-corrected chi connectivity index (χ1v) is 4.62.